The SMILES string of the molecule is CC/C=C\C/C=C\C/C=C\C/C=C\C/C=C\C/C=C\CCCCCCC(=O)OCC(O)COP(=O)(O)OCC(O)COP(=O)(O)OCC(COC(=O)CCCCCCC/C=C\C/C=C\C/C=C\C/C=C\C/C=C\CC)OC(=O)CCCCCCCCCCCCCCC. The van der Waals surface area contributed by atoms with Crippen LogP contribution < -0.4 is 0 Å². The molecule has 0 rings (SSSR count). The largest absolute Gasteiger partial charge is 0.472 e. The third-order valence-corrected chi connectivity index (χ3v) is 16.3. The zero-order valence-corrected chi connectivity index (χ0v) is 59.4. The Hall–Kier alpha value is -4.31. The van der Waals surface area contributed by atoms with Crippen LogP contribution in [0, 0.1) is 0 Å². The summed E-state index contributed by atoms with van der Waals surface area (Å²) >= 11 is 0. The zero-order valence-electron chi connectivity index (χ0n) is 57.6. The molecule has 0 aromatic carbocycles. The maximum atomic E-state index is 12.9. The van der Waals surface area contributed by atoms with Gasteiger partial charge in [0.2, 0.25) is 0 Å². The number of ether oxygens (including phenoxy) is 3. The van der Waals surface area contributed by atoms with Gasteiger partial charge in [0.05, 0.1) is 26.4 Å². The van der Waals surface area contributed by atoms with Gasteiger partial charge in [-0.1, -0.05) is 264 Å². The Morgan fingerprint density at radius 2 is 0.570 bits per heavy atom. The van der Waals surface area contributed by atoms with E-state index in [1.54, 1.807) is 0 Å². The lowest BCUT2D eigenvalue weighted by atomic mass is 10.0. The molecule has 5 atom stereocenters. The van der Waals surface area contributed by atoms with Crippen LogP contribution in [0.5, 0.6) is 0 Å². The number of phosphoric acid groups is 2. The van der Waals surface area contributed by atoms with Gasteiger partial charge < -0.3 is 34.2 Å². The van der Waals surface area contributed by atoms with E-state index < -0.39 is 91.5 Å². The highest BCUT2D eigenvalue weighted by Gasteiger charge is 2.29. The zero-order chi connectivity index (χ0) is 68.1. The minimum absolute atomic E-state index is 0.0989. The fourth-order valence-electron chi connectivity index (χ4n) is 9.01. The summed E-state index contributed by atoms with van der Waals surface area (Å²) in [7, 11) is -9.79. The van der Waals surface area contributed by atoms with Crippen LogP contribution >= 0.6 is 15.6 Å². The lowest BCUT2D eigenvalue weighted by Gasteiger charge is -2.21. The monoisotopic (exact) mass is 1340 g/mol. The molecule has 0 bridgehead atoms. The number of carbonyl (C=O) groups excluding carboxylic acids is 3. The maximum absolute atomic E-state index is 12.9. The van der Waals surface area contributed by atoms with Crippen molar-refractivity contribution in [3.8, 4) is 0 Å². The molecule has 93 heavy (non-hydrogen) atoms. The number of aliphatic hydroxyl groups is 2. The first-order chi connectivity index (χ1) is 45.2. The van der Waals surface area contributed by atoms with Crippen molar-refractivity contribution < 1.29 is 75.8 Å². The van der Waals surface area contributed by atoms with Gasteiger partial charge in [-0.25, -0.2) is 9.13 Å². The quantitative estimate of drug-likeness (QED) is 0.0146. The van der Waals surface area contributed by atoms with Crippen molar-refractivity contribution in [2.24, 2.45) is 0 Å². The molecule has 0 aliphatic heterocycles. The first-order valence-electron chi connectivity index (χ1n) is 35.5. The Balaban J connectivity index is 4.66. The van der Waals surface area contributed by atoms with Gasteiger partial charge in [0, 0.05) is 19.3 Å². The summed E-state index contributed by atoms with van der Waals surface area (Å²) in [5, 5.41) is 20.6. The van der Waals surface area contributed by atoms with Gasteiger partial charge in [0.1, 0.15) is 25.4 Å². The number of hydrogen-bond acceptors (Lipinski definition) is 14. The van der Waals surface area contributed by atoms with Gasteiger partial charge in [-0.2, -0.15) is 0 Å². The predicted octanol–water partition coefficient (Wildman–Crippen LogP) is 20.0. The third-order valence-electron chi connectivity index (χ3n) is 14.4. The van der Waals surface area contributed by atoms with Crippen molar-refractivity contribution in [2.75, 3.05) is 39.6 Å². The first-order valence-corrected chi connectivity index (χ1v) is 38.5. The third kappa shape index (κ3) is 68.9. The number of rotatable bonds is 66. The van der Waals surface area contributed by atoms with Gasteiger partial charge in [-0.3, -0.25) is 32.5 Å². The van der Waals surface area contributed by atoms with Gasteiger partial charge >= 0.3 is 33.6 Å². The maximum Gasteiger partial charge on any atom is 0.472 e. The summed E-state index contributed by atoms with van der Waals surface area (Å²) in [6.07, 6.45) is 79.2. The standard InChI is InChI=1S/C75H126O16P2/c1-4-7-10-13-16-19-22-25-27-29-31-33-34-36-38-39-41-44-46-49-52-55-58-61-73(78)85-64-70(76)65-87-92(81,82)88-66-71(77)67-89-93(83,84)90-69-72(91-75(80)63-60-57-54-51-48-43-24-21-18-15-12-9-6-3)68-86-74(79)62-59-56-53-50-47-45-42-40-37-35-32-30-28-26-23-20-17-14-11-8-5-2/h7-8,10-11,16-17,19-20,25-28,31-33,35-36,38,40-42,44,70-72,76-77H,4-6,9,12-15,18,21-24,29-30,34,37,39,43,45-69H2,1-3H3,(H,81,82)(H,83,84)/b10-7-,11-8-,19-16-,20-17-,27-25-,28-26-,33-31-,35-32-,38-36-,42-40-,44-41-. The predicted molar refractivity (Wildman–Crippen MR) is 380 cm³/mol. The lowest BCUT2D eigenvalue weighted by molar-refractivity contribution is -0.161. The highest BCUT2D eigenvalue weighted by atomic mass is 31.2. The molecule has 18 heteroatoms. The molecule has 532 valence electrons. The minimum Gasteiger partial charge on any atom is -0.463 e. The molecule has 0 radical (unpaired) electrons. The van der Waals surface area contributed by atoms with E-state index in [0.29, 0.717) is 19.3 Å². The lowest BCUT2D eigenvalue weighted by Crippen LogP contribution is -2.30. The molecular formula is C75H126O16P2. The van der Waals surface area contributed by atoms with Crippen molar-refractivity contribution in [2.45, 2.75) is 283 Å². The summed E-state index contributed by atoms with van der Waals surface area (Å²) in [5.74, 6) is -1.62. The van der Waals surface area contributed by atoms with E-state index in [2.05, 4.69) is 154 Å². The Kier molecular flexibility index (Phi) is 64.5. The average molecular weight is 1350 g/mol. The molecule has 0 fully saturated rings. The summed E-state index contributed by atoms with van der Waals surface area (Å²) in [4.78, 5) is 58.4. The van der Waals surface area contributed by atoms with E-state index in [0.717, 1.165) is 154 Å². The van der Waals surface area contributed by atoms with Crippen molar-refractivity contribution in [3.05, 3.63) is 134 Å². The van der Waals surface area contributed by atoms with Crippen LogP contribution in [0.1, 0.15) is 265 Å². The van der Waals surface area contributed by atoms with Crippen LogP contribution in [0.3, 0.4) is 0 Å². The van der Waals surface area contributed by atoms with E-state index in [1.165, 1.54) is 51.4 Å². The highest BCUT2D eigenvalue weighted by Crippen LogP contribution is 2.45. The number of allylic oxidation sites excluding steroid dienone is 22. The van der Waals surface area contributed by atoms with E-state index in [9.17, 15) is 43.5 Å². The van der Waals surface area contributed by atoms with Gasteiger partial charge in [0.15, 0.2) is 6.10 Å². The number of unbranched alkanes of at least 4 members (excludes halogenated alkanes) is 21. The van der Waals surface area contributed by atoms with Crippen LogP contribution in [0.4, 0.5) is 0 Å². The number of esters is 3. The fourth-order valence-corrected chi connectivity index (χ4v) is 10.6. The van der Waals surface area contributed by atoms with Crippen LogP contribution in [0.2, 0.25) is 0 Å². The molecule has 0 saturated heterocycles. The normalized spacial score (nSPS) is 15.0. The minimum atomic E-state index is -4.93. The molecule has 16 nitrogen and oxygen atoms in total. The topological polar surface area (TPSA) is 231 Å². The van der Waals surface area contributed by atoms with E-state index in [-0.39, 0.29) is 19.3 Å². The summed E-state index contributed by atoms with van der Waals surface area (Å²) in [6.45, 7) is 2.38. The number of aliphatic hydroxyl groups excluding tert-OH is 2. The first kappa shape index (κ1) is 88.7. The van der Waals surface area contributed by atoms with Crippen molar-refractivity contribution >= 4 is 33.6 Å². The summed E-state index contributed by atoms with van der Waals surface area (Å²) in [5.41, 5.74) is 0. The molecule has 5 unspecified atom stereocenters. The molecule has 0 amide bonds. The van der Waals surface area contributed by atoms with Gasteiger partial charge in [-0.05, 0) is 116 Å². The molecular weight excluding hydrogens is 1220 g/mol. The van der Waals surface area contributed by atoms with E-state index >= 15 is 0 Å². The van der Waals surface area contributed by atoms with Gasteiger partial charge in [-0.15, -0.1) is 0 Å². The Morgan fingerprint density at radius 1 is 0.312 bits per heavy atom. The van der Waals surface area contributed by atoms with Crippen LogP contribution in [-0.2, 0) is 55.8 Å². The number of phosphoric ester groups is 2. The second kappa shape index (κ2) is 67.7. The summed E-state index contributed by atoms with van der Waals surface area (Å²) < 4.78 is 60.9. The van der Waals surface area contributed by atoms with Crippen molar-refractivity contribution in [1.29, 1.82) is 0 Å². The highest BCUT2D eigenvalue weighted by molar-refractivity contribution is 7.47. The molecule has 0 aliphatic carbocycles. The molecule has 0 aliphatic rings. The molecule has 0 heterocycles. The second-order valence-corrected chi connectivity index (χ2v) is 26.2. The smallest absolute Gasteiger partial charge is 0.463 e. The number of hydrogen-bond donors (Lipinski definition) is 4. The number of carbonyl (C=O) groups is 3. The van der Waals surface area contributed by atoms with Crippen LogP contribution in [0.15, 0.2) is 134 Å². The Bertz CT molecular complexity index is 2230. The fraction of sp³-hybridized carbons (Fsp3) is 0.667. The van der Waals surface area contributed by atoms with Gasteiger partial charge in [0.25, 0.3) is 0 Å². The van der Waals surface area contributed by atoms with Crippen LogP contribution in [0.25, 0.3) is 0 Å². The van der Waals surface area contributed by atoms with Crippen molar-refractivity contribution in [1.82, 2.24) is 0 Å². The van der Waals surface area contributed by atoms with E-state index in [1.807, 2.05) is 0 Å². The Labute approximate surface area is 563 Å². The second-order valence-electron chi connectivity index (χ2n) is 23.3. The average Bonchev–Trinajstić information content (AvgIpc) is 3.75. The van der Waals surface area contributed by atoms with Crippen molar-refractivity contribution in [3.63, 3.8) is 0 Å². The summed E-state index contributed by atoms with van der Waals surface area (Å²) in [6, 6.07) is 0. The van der Waals surface area contributed by atoms with Crippen LogP contribution in [-0.4, -0.2) is 95.9 Å². The molecule has 4 N–H and O–H groups in total. The Morgan fingerprint density at radius 3 is 0.903 bits per heavy atom. The molecule has 0 saturated carbocycles. The molecule has 0 aromatic heterocycles. The molecule has 0 aromatic rings. The van der Waals surface area contributed by atoms with E-state index in [4.69, 9.17) is 32.3 Å². The molecule has 0 spiro atoms.